The molecule has 0 radical (unpaired) electrons. The summed E-state index contributed by atoms with van der Waals surface area (Å²) in [5, 5.41) is 4.24. The SMILES string of the molecule is O=C1C(Nc2cc(Cl)nc(C3CC3)n2)CCN1c1cccc(Cl)c1. The number of nitrogens with zero attached hydrogens (tertiary/aromatic N) is 3. The molecule has 2 heterocycles. The molecule has 7 heteroatoms. The first kappa shape index (κ1) is 15.7. The molecule has 2 fully saturated rings. The first-order valence-corrected chi connectivity index (χ1v) is 8.74. The van der Waals surface area contributed by atoms with Crippen LogP contribution in [0.25, 0.3) is 0 Å². The van der Waals surface area contributed by atoms with Crippen molar-refractivity contribution < 1.29 is 4.79 Å². The van der Waals surface area contributed by atoms with Gasteiger partial charge >= 0.3 is 0 Å². The number of hydrogen-bond acceptors (Lipinski definition) is 4. The standard InChI is InChI=1S/C17H16Cl2N4O/c18-11-2-1-3-12(8-11)23-7-6-13(17(23)24)20-15-9-14(19)21-16(22-15)10-4-5-10/h1-3,8-10,13H,4-7H2,(H,20,21,22). The highest BCUT2D eigenvalue weighted by atomic mass is 35.5. The fourth-order valence-electron chi connectivity index (χ4n) is 2.93. The first-order chi connectivity index (χ1) is 11.6. The zero-order valence-electron chi connectivity index (χ0n) is 12.9. The normalized spacial score (nSPS) is 20.5. The molecule has 1 saturated carbocycles. The maximum Gasteiger partial charge on any atom is 0.249 e. The average Bonchev–Trinajstić information content (AvgIpc) is 3.33. The topological polar surface area (TPSA) is 58.1 Å². The number of halogens is 2. The van der Waals surface area contributed by atoms with Crippen LogP contribution >= 0.6 is 23.2 Å². The minimum absolute atomic E-state index is 0.0139. The van der Waals surface area contributed by atoms with Crippen LogP contribution in [0.15, 0.2) is 30.3 Å². The van der Waals surface area contributed by atoms with E-state index in [9.17, 15) is 4.79 Å². The average molecular weight is 363 g/mol. The number of anilines is 2. The molecule has 1 amide bonds. The van der Waals surface area contributed by atoms with E-state index in [4.69, 9.17) is 23.2 Å². The molecule has 1 saturated heterocycles. The van der Waals surface area contributed by atoms with E-state index in [1.165, 1.54) is 0 Å². The van der Waals surface area contributed by atoms with Crippen molar-refractivity contribution in [3.63, 3.8) is 0 Å². The van der Waals surface area contributed by atoms with Crippen molar-refractivity contribution in [2.45, 2.75) is 31.2 Å². The molecule has 2 aliphatic rings. The van der Waals surface area contributed by atoms with Gasteiger partial charge in [0.15, 0.2) is 0 Å². The van der Waals surface area contributed by atoms with Crippen molar-refractivity contribution in [2.75, 3.05) is 16.8 Å². The van der Waals surface area contributed by atoms with E-state index in [0.29, 0.717) is 34.9 Å². The van der Waals surface area contributed by atoms with Gasteiger partial charge in [-0.05, 0) is 37.5 Å². The molecular weight excluding hydrogens is 347 g/mol. The van der Waals surface area contributed by atoms with E-state index < -0.39 is 0 Å². The van der Waals surface area contributed by atoms with E-state index in [1.54, 1.807) is 23.1 Å². The smallest absolute Gasteiger partial charge is 0.249 e. The largest absolute Gasteiger partial charge is 0.358 e. The molecule has 5 nitrogen and oxygen atoms in total. The summed E-state index contributed by atoms with van der Waals surface area (Å²) in [5.41, 5.74) is 0.816. The van der Waals surface area contributed by atoms with E-state index >= 15 is 0 Å². The molecule has 0 spiro atoms. The quantitative estimate of drug-likeness (QED) is 0.838. The Balaban J connectivity index is 1.51. The lowest BCUT2D eigenvalue weighted by Crippen LogP contribution is -2.33. The molecule has 1 unspecified atom stereocenters. The second-order valence-electron chi connectivity index (χ2n) is 6.16. The third-order valence-corrected chi connectivity index (χ3v) is 4.73. The minimum Gasteiger partial charge on any atom is -0.358 e. The van der Waals surface area contributed by atoms with E-state index in [1.807, 2.05) is 12.1 Å². The van der Waals surface area contributed by atoms with Gasteiger partial charge in [0.25, 0.3) is 0 Å². The van der Waals surface area contributed by atoms with Gasteiger partial charge in [0.2, 0.25) is 5.91 Å². The Morgan fingerprint density at radius 3 is 2.71 bits per heavy atom. The summed E-state index contributed by atoms with van der Waals surface area (Å²) < 4.78 is 0. The van der Waals surface area contributed by atoms with Crippen LogP contribution < -0.4 is 10.2 Å². The maximum atomic E-state index is 12.7. The third-order valence-electron chi connectivity index (χ3n) is 4.30. The minimum atomic E-state index is -0.318. The number of carbonyl (C=O) groups excluding carboxylic acids is 1. The summed E-state index contributed by atoms with van der Waals surface area (Å²) in [6.45, 7) is 0.644. The van der Waals surface area contributed by atoms with Gasteiger partial charge in [-0.3, -0.25) is 4.79 Å². The zero-order chi connectivity index (χ0) is 16.7. The summed E-state index contributed by atoms with van der Waals surface area (Å²) in [4.78, 5) is 23.2. The lowest BCUT2D eigenvalue weighted by atomic mass is 10.2. The molecule has 1 atom stereocenters. The van der Waals surface area contributed by atoms with Crippen molar-refractivity contribution >= 4 is 40.6 Å². The molecule has 24 heavy (non-hydrogen) atoms. The first-order valence-electron chi connectivity index (χ1n) is 7.98. The molecule has 4 rings (SSSR count). The predicted octanol–water partition coefficient (Wildman–Crippen LogP) is 3.88. The van der Waals surface area contributed by atoms with Crippen LogP contribution in [0.4, 0.5) is 11.5 Å². The molecule has 1 aromatic carbocycles. The van der Waals surface area contributed by atoms with E-state index in [2.05, 4.69) is 15.3 Å². The highest BCUT2D eigenvalue weighted by Gasteiger charge is 2.33. The van der Waals surface area contributed by atoms with E-state index in [-0.39, 0.29) is 11.9 Å². The monoisotopic (exact) mass is 362 g/mol. The van der Waals surface area contributed by atoms with Gasteiger partial charge in [-0.2, -0.15) is 0 Å². The highest BCUT2D eigenvalue weighted by Crippen LogP contribution is 2.39. The van der Waals surface area contributed by atoms with Gasteiger partial charge in [-0.15, -0.1) is 0 Å². The molecule has 1 aliphatic carbocycles. The number of amides is 1. The van der Waals surface area contributed by atoms with Crippen LogP contribution in [-0.2, 0) is 4.79 Å². The van der Waals surface area contributed by atoms with Gasteiger partial charge in [0.05, 0.1) is 0 Å². The number of carbonyl (C=O) groups is 1. The number of nitrogens with one attached hydrogen (secondary N) is 1. The second-order valence-corrected chi connectivity index (χ2v) is 6.99. The molecule has 1 aliphatic heterocycles. The highest BCUT2D eigenvalue weighted by molar-refractivity contribution is 6.31. The Labute approximate surface area is 150 Å². The van der Waals surface area contributed by atoms with Crippen molar-refractivity contribution in [1.82, 2.24) is 9.97 Å². The number of aromatic nitrogens is 2. The summed E-state index contributed by atoms with van der Waals surface area (Å²) in [6, 6.07) is 8.68. The van der Waals surface area contributed by atoms with Gasteiger partial charge in [0.1, 0.15) is 22.8 Å². The Morgan fingerprint density at radius 1 is 1.12 bits per heavy atom. The number of benzene rings is 1. The van der Waals surface area contributed by atoms with Crippen LogP contribution in [0.3, 0.4) is 0 Å². The molecule has 1 aromatic heterocycles. The van der Waals surface area contributed by atoms with Crippen molar-refractivity contribution in [2.24, 2.45) is 0 Å². The van der Waals surface area contributed by atoms with Crippen LogP contribution in [0, 0.1) is 0 Å². The number of hydrogen-bond donors (Lipinski definition) is 1. The third kappa shape index (κ3) is 3.19. The van der Waals surface area contributed by atoms with Crippen LogP contribution in [0.2, 0.25) is 10.2 Å². The molecular formula is C17H16Cl2N4O. The summed E-state index contributed by atoms with van der Waals surface area (Å²) in [5.74, 6) is 1.80. The molecule has 0 bridgehead atoms. The summed E-state index contributed by atoms with van der Waals surface area (Å²) >= 11 is 12.1. The number of rotatable bonds is 4. The Kier molecular flexibility index (Phi) is 4.06. The van der Waals surface area contributed by atoms with Crippen molar-refractivity contribution in [1.29, 1.82) is 0 Å². The fraction of sp³-hybridized carbons (Fsp3) is 0.353. The van der Waals surface area contributed by atoms with Crippen LogP contribution in [0.5, 0.6) is 0 Å². The summed E-state index contributed by atoms with van der Waals surface area (Å²) in [7, 11) is 0. The zero-order valence-corrected chi connectivity index (χ0v) is 14.4. The second kappa shape index (κ2) is 6.22. The van der Waals surface area contributed by atoms with Gasteiger partial charge < -0.3 is 10.2 Å². The van der Waals surface area contributed by atoms with Crippen LogP contribution in [-0.4, -0.2) is 28.5 Å². The van der Waals surface area contributed by atoms with Gasteiger partial charge in [-0.25, -0.2) is 9.97 Å². The van der Waals surface area contributed by atoms with Crippen molar-refractivity contribution in [3.05, 3.63) is 46.3 Å². The maximum absolute atomic E-state index is 12.7. The van der Waals surface area contributed by atoms with Crippen LogP contribution in [0.1, 0.15) is 31.0 Å². The molecule has 2 aromatic rings. The van der Waals surface area contributed by atoms with Gasteiger partial charge in [0, 0.05) is 29.2 Å². The van der Waals surface area contributed by atoms with Gasteiger partial charge in [-0.1, -0.05) is 29.3 Å². The Bertz CT molecular complexity index is 794. The molecule has 124 valence electrons. The predicted molar refractivity (Wildman–Crippen MR) is 94.8 cm³/mol. The fourth-order valence-corrected chi connectivity index (χ4v) is 3.30. The Morgan fingerprint density at radius 2 is 1.96 bits per heavy atom. The lowest BCUT2D eigenvalue weighted by molar-refractivity contribution is -0.117. The molecule has 1 N–H and O–H groups in total. The summed E-state index contributed by atoms with van der Waals surface area (Å²) in [6.07, 6.45) is 2.90. The van der Waals surface area contributed by atoms with Crippen molar-refractivity contribution in [3.8, 4) is 0 Å². The lowest BCUT2D eigenvalue weighted by Gasteiger charge is -2.18. The Hall–Kier alpha value is -1.85. The van der Waals surface area contributed by atoms with E-state index in [0.717, 1.165) is 24.4 Å².